The Kier molecular flexibility index (Phi) is 6.96. The minimum atomic E-state index is -1.22. The number of carboxylic acids is 1. The minimum Gasteiger partial charge on any atom is -0.480 e. The predicted molar refractivity (Wildman–Crippen MR) is 64.5 cm³/mol. The highest BCUT2D eigenvalue weighted by Crippen LogP contribution is 1.99. The van der Waals surface area contributed by atoms with Crippen molar-refractivity contribution >= 4 is 17.9 Å². The van der Waals surface area contributed by atoms with Gasteiger partial charge >= 0.3 is 12.0 Å². The zero-order valence-corrected chi connectivity index (χ0v) is 10.2. The molecule has 0 heterocycles. The van der Waals surface area contributed by atoms with Crippen LogP contribution in [0.25, 0.3) is 0 Å². The van der Waals surface area contributed by atoms with Crippen LogP contribution in [0.15, 0.2) is 0 Å². The second kappa shape index (κ2) is 7.95. The number of carbonyl (C=O) groups excluding carboxylic acids is 2. The number of nitrogens with two attached hydrogens (primary N) is 1. The third-order valence-corrected chi connectivity index (χ3v) is 2.23. The summed E-state index contributed by atoms with van der Waals surface area (Å²) >= 11 is 0. The number of terminal acetylenes is 1. The quantitative estimate of drug-likeness (QED) is 0.525. The molecule has 0 spiro atoms. The number of rotatable bonds is 7. The van der Waals surface area contributed by atoms with Crippen LogP contribution in [-0.4, -0.2) is 47.0 Å². The van der Waals surface area contributed by atoms with Gasteiger partial charge in [0.2, 0.25) is 5.91 Å². The summed E-state index contributed by atoms with van der Waals surface area (Å²) in [5.74, 6) is 0.456. The summed E-state index contributed by atoms with van der Waals surface area (Å²) in [5, 5.41) is 11.2. The first-order chi connectivity index (χ1) is 8.42. The lowest BCUT2D eigenvalue weighted by molar-refractivity contribution is -0.139. The molecule has 18 heavy (non-hydrogen) atoms. The first-order valence-electron chi connectivity index (χ1n) is 5.42. The Labute approximate surface area is 105 Å². The average Bonchev–Trinajstić information content (AvgIpc) is 2.30. The van der Waals surface area contributed by atoms with Crippen molar-refractivity contribution in [2.24, 2.45) is 5.73 Å². The van der Waals surface area contributed by atoms with Crippen molar-refractivity contribution in [2.45, 2.75) is 25.8 Å². The maximum Gasteiger partial charge on any atom is 0.326 e. The van der Waals surface area contributed by atoms with Crippen LogP contribution in [0, 0.1) is 12.3 Å². The maximum absolute atomic E-state index is 11.7. The molecule has 0 bridgehead atoms. The maximum atomic E-state index is 11.7. The van der Waals surface area contributed by atoms with E-state index in [1.54, 1.807) is 6.92 Å². The number of urea groups is 1. The number of aliphatic carboxylic acids is 1. The molecule has 7 heteroatoms. The van der Waals surface area contributed by atoms with E-state index in [9.17, 15) is 14.4 Å². The molecular formula is C11H17N3O4. The van der Waals surface area contributed by atoms with Crippen LogP contribution in [0.5, 0.6) is 0 Å². The molecule has 4 N–H and O–H groups in total. The molecule has 1 atom stereocenters. The summed E-state index contributed by atoms with van der Waals surface area (Å²) in [6, 6.07) is -1.73. The number of nitrogens with zero attached hydrogens (tertiary/aromatic N) is 1. The topological polar surface area (TPSA) is 113 Å². The first-order valence-corrected chi connectivity index (χ1v) is 5.42. The third kappa shape index (κ3) is 5.75. The molecule has 0 radical (unpaired) electrons. The molecule has 7 nitrogen and oxygen atoms in total. The second-order valence-electron chi connectivity index (χ2n) is 3.56. The lowest BCUT2D eigenvalue weighted by Gasteiger charge is -2.21. The molecule has 0 aliphatic carbocycles. The summed E-state index contributed by atoms with van der Waals surface area (Å²) in [4.78, 5) is 34.4. The Hall–Kier alpha value is -2.23. The average molecular weight is 255 g/mol. The number of amides is 3. The molecular weight excluding hydrogens is 238 g/mol. The normalized spacial score (nSPS) is 11.1. The van der Waals surface area contributed by atoms with Crippen molar-refractivity contribution in [3.8, 4) is 12.3 Å². The summed E-state index contributed by atoms with van der Waals surface area (Å²) < 4.78 is 0. The summed E-state index contributed by atoms with van der Waals surface area (Å²) in [7, 11) is 0. The summed E-state index contributed by atoms with van der Waals surface area (Å²) in [6.07, 6.45) is 4.92. The molecule has 0 aromatic heterocycles. The van der Waals surface area contributed by atoms with Gasteiger partial charge in [0.15, 0.2) is 0 Å². The fraction of sp³-hybridized carbons (Fsp3) is 0.545. The number of hydrogen-bond donors (Lipinski definition) is 3. The molecule has 100 valence electrons. The SMILES string of the molecule is C#CCN(CC)C(=O)N[C@H](CCC(N)=O)C(=O)O. The first kappa shape index (κ1) is 15.8. The number of hydrogen-bond acceptors (Lipinski definition) is 3. The van der Waals surface area contributed by atoms with Gasteiger partial charge in [-0.2, -0.15) is 0 Å². The highest BCUT2D eigenvalue weighted by atomic mass is 16.4. The molecule has 0 aliphatic rings. The third-order valence-electron chi connectivity index (χ3n) is 2.23. The highest BCUT2D eigenvalue weighted by molar-refractivity contribution is 5.83. The van der Waals surface area contributed by atoms with Crippen LogP contribution in [0.3, 0.4) is 0 Å². The van der Waals surface area contributed by atoms with Gasteiger partial charge in [-0.25, -0.2) is 9.59 Å². The van der Waals surface area contributed by atoms with Gasteiger partial charge in [-0.3, -0.25) is 4.79 Å². The van der Waals surface area contributed by atoms with E-state index in [1.807, 2.05) is 0 Å². The Morgan fingerprint density at radius 1 is 1.50 bits per heavy atom. The Balaban J connectivity index is 4.48. The summed E-state index contributed by atoms with van der Waals surface area (Å²) in [6.45, 7) is 2.17. The largest absolute Gasteiger partial charge is 0.480 e. The van der Waals surface area contributed by atoms with E-state index in [4.69, 9.17) is 17.3 Å². The van der Waals surface area contributed by atoms with Crippen molar-refractivity contribution in [2.75, 3.05) is 13.1 Å². The fourth-order valence-corrected chi connectivity index (χ4v) is 1.22. The molecule has 0 unspecified atom stereocenters. The zero-order chi connectivity index (χ0) is 14.1. The van der Waals surface area contributed by atoms with Gasteiger partial charge in [-0.1, -0.05) is 5.92 Å². The van der Waals surface area contributed by atoms with E-state index < -0.39 is 23.9 Å². The van der Waals surface area contributed by atoms with Gasteiger partial charge in [-0.05, 0) is 13.3 Å². The van der Waals surface area contributed by atoms with Crippen LogP contribution in [0.1, 0.15) is 19.8 Å². The van der Waals surface area contributed by atoms with Gasteiger partial charge in [0, 0.05) is 13.0 Å². The van der Waals surface area contributed by atoms with E-state index in [2.05, 4.69) is 11.2 Å². The molecule has 3 amide bonds. The van der Waals surface area contributed by atoms with E-state index in [1.165, 1.54) is 4.90 Å². The molecule has 0 aliphatic heterocycles. The standard InChI is InChI=1S/C11H17N3O4/c1-3-7-14(4-2)11(18)13-8(10(16)17)5-6-9(12)15/h1,8H,4-7H2,2H3,(H2,12,15)(H,13,18)(H,16,17)/t8-/m1/s1. The Bertz CT molecular complexity index is 362. The van der Waals surface area contributed by atoms with Crippen LogP contribution in [0.4, 0.5) is 4.79 Å². The second-order valence-corrected chi connectivity index (χ2v) is 3.56. The number of carbonyl (C=O) groups is 3. The van der Waals surface area contributed by atoms with Gasteiger partial charge < -0.3 is 21.1 Å². The van der Waals surface area contributed by atoms with Crippen LogP contribution >= 0.6 is 0 Å². The predicted octanol–water partition coefficient (Wildman–Crippen LogP) is -0.630. The molecule has 0 rings (SSSR count). The van der Waals surface area contributed by atoms with Crippen LogP contribution in [-0.2, 0) is 9.59 Å². The van der Waals surface area contributed by atoms with Crippen LogP contribution < -0.4 is 11.1 Å². The molecule has 0 saturated heterocycles. The number of primary amides is 1. The molecule has 0 saturated carbocycles. The fourth-order valence-electron chi connectivity index (χ4n) is 1.22. The van der Waals surface area contributed by atoms with E-state index >= 15 is 0 Å². The molecule has 0 aromatic carbocycles. The zero-order valence-electron chi connectivity index (χ0n) is 10.2. The monoisotopic (exact) mass is 255 g/mol. The van der Waals surface area contributed by atoms with Gasteiger partial charge in [0.1, 0.15) is 6.04 Å². The van der Waals surface area contributed by atoms with E-state index in [-0.39, 0.29) is 19.4 Å². The smallest absolute Gasteiger partial charge is 0.326 e. The minimum absolute atomic E-state index is 0.0516. The number of carboxylic acid groups (broad SMARTS) is 1. The van der Waals surface area contributed by atoms with Crippen molar-refractivity contribution in [3.05, 3.63) is 0 Å². The van der Waals surface area contributed by atoms with Gasteiger partial charge in [0.05, 0.1) is 6.54 Å². The van der Waals surface area contributed by atoms with E-state index in [0.29, 0.717) is 6.54 Å². The highest BCUT2D eigenvalue weighted by Gasteiger charge is 2.22. The lowest BCUT2D eigenvalue weighted by atomic mass is 10.1. The Morgan fingerprint density at radius 3 is 2.50 bits per heavy atom. The summed E-state index contributed by atoms with van der Waals surface area (Å²) in [5.41, 5.74) is 4.92. The van der Waals surface area contributed by atoms with Crippen molar-refractivity contribution in [1.29, 1.82) is 0 Å². The van der Waals surface area contributed by atoms with Gasteiger partial charge in [-0.15, -0.1) is 6.42 Å². The van der Waals surface area contributed by atoms with Gasteiger partial charge in [0.25, 0.3) is 0 Å². The van der Waals surface area contributed by atoms with Crippen molar-refractivity contribution < 1.29 is 19.5 Å². The Morgan fingerprint density at radius 2 is 2.11 bits per heavy atom. The van der Waals surface area contributed by atoms with Crippen molar-refractivity contribution in [1.82, 2.24) is 10.2 Å². The van der Waals surface area contributed by atoms with Crippen molar-refractivity contribution in [3.63, 3.8) is 0 Å². The molecule has 0 aromatic rings. The molecule has 0 fully saturated rings. The van der Waals surface area contributed by atoms with E-state index in [0.717, 1.165) is 0 Å². The van der Waals surface area contributed by atoms with Crippen LogP contribution in [0.2, 0.25) is 0 Å². The number of nitrogens with one attached hydrogen (secondary N) is 1. The lowest BCUT2D eigenvalue weighted by Crippen LogP contribution is -2.48.